The summed E-state index contributed by atoms with van der Waals surface area (Å²) < 4.78 is 14.7. The highest BCUT2D eigenvalue weighted by molar-refractivity contribution is 6.74. The number of rotatable bonds is 3. The van der Waals surface area contributed by atoms with Crippen LogP contribution in [0.3, 0.4) is 0 Å². The summed E-state index contributed by atoms with van der Waals surface area (Å²) in [5.74, 6) is -0.233. The van der Waals surface area contributed by atoms with Gasteiger partial charge in [-0.1, -0.05) is 24.9 Å². The van der Waals surface area contributed by atoms with Gasteiger partial charge in [-0.2, -0.15) is 0 Å². The van der Waals surface area contributed by atoms with E-state index in [1.165, 1.54) is 12.1 Å². The van der Waals surface area contributed by atoms with Gasteiger partial charge in [0.05, 0.1) is 14.3 Å². The molecule has 0 spiro atoms. The van der Waals surface area contributed by atoms with E-state index in [1.54, 1.807) is 12.1 Å². The molecule has 0 saturated carbocycles. The molecular formula is C12H16FN3Si. The number of hydrogen-bond donors (Lipinski definition) is 0. The minimum atomic E-state index is -1.19. The van der Waals surface area contributed by atoms with Crippen molar-refractivity contribution in [2.75, 3.05) is 0 Å². The molecule has 0 unspecified atom stereocenters. The maximum atomic E-state index is 12.8. The maximum absolute atomic E-state index is 12.8. The van der Waals surface area contributed by atoms with E-state index >= 15 is 0 Å². The monoisotopic (exact) mass is 249 g/mol. The van der Waals surface area contributed by atoms with Crippen LogP contribution in [0.2, 0.25) is 19.6 Å². The molecule has 2 aromatic rings. The second-order valence-electron chi connectivity index (χ2n) is 5.37. The molecule has 0 aliphatic heterocycles. The summed E-state index contributed by atoms with van der Waals surface area (Å²) in [5, 5.41) is 8.22. The lowest BCUT2D eigenvalue weighted by atomic mass is 10.2. The number of halogens is 1. The molecule has 1 aromatic carbocycles. The zero-order valence-corrected chi connectivity index (χ0v) is 11.3. The van der Waals surface area contributed by atoms with Gasteiger partial charge in [-0.3, -0.25) is 4.68 Å². The molecule has 0 saturated heterocycles. The predicted molar refractivity (Wildman–Crippen MR) is 68.8 cm³/mol. The topological polar surface area (TPSA) is 30.7 Å². The van der Waals surface area contributed by atoms with Gasteiger partial charge in [0, 0.05) is 11.7 Å². The average Bonchev–Trinajstić information content (AvgIpc) is 2.64. The van der Waals surface area contributed by atoms with E-state index in [0.29, 0.717) is 0 Å². The summed E-state index contributed by atoms with van der Waals surface area (Å²) in [4.78, 5) is 0. The third kappa shape index (κ3) is 3.23. The van der Waals surface area contributed by atoms with Crippen LogP contribution in [0.25, 0.3) is 11.3 Å². The third-order valence-electron chi connectivity index (χ3n) is 2.31. The summed E-state index contributed by atoms with van der Waals surface area (Å²) in [6.07, 6.45) is 2.87. The van der Waals surface area contributed by atoms with E-state index in [4.69, 9.17) is 0 Å². The van der Waals surface area contributed by atoms with Crippen LogP contribution in [0.4, 0.5) is 4.39 Å². The molecule has 0 fully saturated rings. The first-order chi connectivity index (χ1) is 7.94. The Morgan fingerprint density at radius 3 is 2.41 bits per heavy atom. The van der Waals surface area contributed by atoms with Gasteiger partial charge in [0.1, 0.15) is 11.5 Å². The first-order valence-corrected chi connectivity index (χ1v) is 9.31. The molecule has 1 heterocycles. The number of nitrogens with zero attached hydrogens (tertiary/aromatic N) is 3. The minimum absolute atomic E-state index is 0.233. The van der Waals surface area contributed by atoms with Crippen LogP contribution >= 0.6 is 0 Å². The van der Waals surface area contributed by atoms with Crippen LogP contribution in [-0.2, 0) is 6.17 Å². The van der Waals surface area contributed by atoms with Gasteiger partial charge < -0.3 is 0 Å². The van der Waals surface area contributed by atoms with E-state index in [-0.39, 0.29) is 5.82 Å². The van der Waals surface area contributed by atoms with Gasteiger partial charge in [-0.05, 0) is 24.3 Å². The smallest absolute Gasteiger partial charge is 0.123 e. The molecule has 3 nitrogen and oxygen atoms in total. The van der Waals surface area contributed by atoms with Crippen molar-refractivity contribution in [3.63, 3.8) is 0 Å². The molecule has 2 rings (SSSR count). The molecule has 0 amide bonds. The summed E-state index contributed by atoms with van der Waals surface area (Å²) in [6, 6.07) is 6.32. The molecule has 0 aliphatic rings. The lowest BCUT2D eigenvalue weighted by Gasteiger charge is -2.14. The number of benzene rings is 1. The third-order valence-corrected chi connectivity index (χ3v) is 3.59. The van der Waals surface area contributed by atoms with Crippen molar-refractivity contribution in [2.45, 2.75) is 25.8 Å². The fourth-order valence-corrected chi connectivity index (χ4v) is 2.74. The van der Waals surface area contributed by atoms with Crippen molar-refractivity contribution in [2.24, 2.45) is 0 Å². The van der Waals surface area contributed by atoms with Gasteiger partial charge in [0.15, 0.2) is 0 Å². The first-order valence-electron chi connectivity index (χ1n) is 5.60. The van der Waals surface area contributed by atoms with Crippen LogP contribution in [0.1, 0.15) is 0 Å². The zero-order valence-electron chi connectivity index (χ0n) is 10.3. The van der Waals surface area contributed by atoms with E-state index < -0.39 is 8.07 Å². The fourth-order valence-electron chi connectivity index (χ4n) is 1.61. The molecule has 1 aromatic heterocycles. The predicted octanol–water partition coefficient (Wildman–Crippen LogP) is 2.96. The van der Waals surface area contributed by atoms with Crippen molar-refractivity contribution in [3.05, 3.63) is 36.3 Å². The lowest BCUT2D eigenvalue weighted by Crippen LogP contribution is -2.28. The Bertz CT molecular complexity index is 499. The molecular weight excluding hydrogens is 233 g/mol. The van der Waals surface area contributed by atoms with Crippen molar-refractivity contribution in [3.8, 4) is 11.3 Å². The molecule has 0 radical (unpaired) electrons. The highest BCUT2D eigenvalue weighted by Crippen LogP contribution is 2.16. The Labute approximate surface area is 101 Å². The van der Waals surface area contributed by atoms with E-state index in [9.17, 15) is 4.39 Å². The Kier molecular flexibility index (Phi) is 3.10. The number of aromatic nitrogens is 3. The largest absolute Gasteiger partial charge is 0.255 e. The molecule has 17 heavy (non-hydrogen) atoms. The standard InChI is InChI=1S/C12H16FN3Si/c1-17(2,3)9-16-8-12(14-15-16)10-4-6-11(13)7-5-10/h4-8H,9H2,1-3H3. The zero-order chi connectivity index (χ0) is 12.5. The van der Waals surface area contributed by atoms with Crippen molar-refractivity contribution in [1.29, 1.82) is 0 Å². The van der Waals surface area contributed by atoms with Crippen LogP contribution in [0, 0.1) is 5.82 Å². The van der Waals surface area contributed by atoms with Crippen molar-refractivity contribution < 1.29 is 4.39 Å². The summed E-state index contributed by atoms with van der Waals surface area (Å²) in [6.45, 7) is 6.85. The Balaban J connectivity index is 2.21. The maximum Gasteiger partial charge on any atom is 0.123 e. The molecule has 90 valence electrons. The van der Waals surface area contributed by atoms with Gasteiger partial charge in [-0.25, -0.2) is 4.39 Å². The fraction of sp³-hybridized carbons (Fsp3) is 0.333. The summed E-state index contributed by atoms with van der Waals surface area (Å²) in [7, 11) is -1.19. The second-order valence-corrected chi connectivity index (χ2v) is 10.8. The lowest BCUT2D eigenvalue weighted by molar-refractivity contribution is 0.628. The van der Waals surface area contributed by atoms with E-state index in [0.717, 1.165) is 17.4 Å². The average molecular weight is 249 g/mol. The highest BCUT2D eigenvalue weighted by Gasteiger charge is 2.15. The second kappa shape index (κ2) is 4.41. The summed E-state index contributed by atoms with van der Waals surface area (Å²) in [5.41, 5.74) is 1.69. The Morgan fingerprint density at radius 2 is 1.82 bits per heavy atom. The van der Waals surface area contributed by atoms with Crippen LogP contribution in [0.5, 0.6) is 0 Å². The van der Waals surface area contributed by atoms with Gasteiger partial charge in [0.2, 0.25) is 0 Å². The van der Waals surface area contributed by atoms with E-state index in [1.807, 2.05) is 10.9 Å². The SMILES string of the molecule is C[Si](C)(C)Cn1cc(-c2ccc(F)cc2)nn1. The van der Waals surface area contributed by atoms with Gasteiger partial charge in [-0.15, -0.1) is 5.10 Å². The quantitative estimate of drug-likeness (QED) is 0.783. The van der Waals surface area contributed by atoms with Crippen LogP contribution in [-0.4, -0.2) is 23.1 Å². The van der Waals surface area contributed by atoms with Crippen molar-refractivity contribution >= 4 is 8.07 Å². The van der Waals surface area contributed by atoms with E-state index in [2.05, 4.69) is 30.0 Å². The molecule has 5 heteroatoms. The van der Waals surface area contributed by atoms with Gasteiger partial charge in [0.25, 0.3) is 0 Å². The molecule has 0 aliphatic carbocycles. The van der Waals surface area contributed by atoms with Crippen LogP contribution < -0.4 is 0 Å². The van der Waals surface area contributed by atoms with Crippen molar-refractivity contribution in [1.82, 2.24) is 15.0 Å². The summed E-state index contributed by atoms with van der Waals surface area (Å²) >= 11 is 0. The Hall–Kier alpha value is -1.49. The molecule has 0 bridgehead atoms. The first kappa shape index (κ1) is 12.0. The minimum Gasteiger partial charge on any atom is -0.255 e. The van der Waals surface area contributed by atoms with Crippen LogP contribution in [0.15, 0.2) is 30.5 Å². The molecule has 0 N–H and O–H groups in total. The highest BCUT2D eigenvalue weighted by atomic mass is 28.3. The molecule has 0 atom stereocenters. The Morgan fingerprint density at radius 1 is 1.18 bits per heavy atom. The number of hydrogen-bond acceptors (Lipinski definition) is 2. The van der Waals surface area contributed by atoms with Gasteiger partial charge >= 0.3 is 0 Å². The normalized spacial score (nSPS) is 11.8.